The van der Waals surface area contributed by atoms with Gasteiger partial charge >= 0.3 is 12.1 Å². The first-order valence-electron chi connectivity index (χ1n) is 14.0. The number of rotatable bonds is 6. The van der Waals surface area contributed by atoms with Gasteiger partial charge in [-0.15, -0.1) is 0 Å². The van der Waals surface area contributed by atoms with Gasteiger partial charge in [0.1, 0.15) is 6.29 Å². The number of nitrogens with zero attached hydrogens (tertiary/aromatic N) is 2. The second-order valence-corrected chi connectivity index (χ2v) is 12.4. The maximum atomic E-state index is 12.2. The number of H-pyrrole nitrogens is 1. The summed E-state index contributed by atoms with van der Waals surface area (Å²) in [7, 11) is 1.72. The minimum absolute atomic E-state index is 0.0135. The smallest absolute Gasteiger partial charge is 0.362 e. The van der Waals surface area contributed by atoms with E-state index in [1.807, 2.05) is 26.0 Å². The highest BCUT2D eigenvalue weighted by Gasteiger charge is 2.37. The van der Waals surface area contributed by atoms with Crippen LogP contribution in [0, 0.1) is 42.4 Å². The summed E-state index contributed by atoms with van der Waals surface area (Å²) in [6, 6.07) is 7.51. The molecule has 0 aliphatic carbocycles. The molecule has 12 heteroatoms. The van der Waals surface area contributed by atoms with Crippen molar-refractivity contribution in [1.29, 1.82) is 5.26 Å². The normalized spacial score (nSPS) is 17.3. The van der Waals surface area contributed by atoms with Crippen LogP contribution in [0.1, 0.15) is 64.2 Å². The molecular formula is C31H44F3N5O4. The van der Waals surface area contributed by atoms with Crippen LogP contribution < -0.4 is 16.6 Å². The Morgan fingerprint density at radius 1 is 1.19 bits per heavy atom. The lowest BCUT2D eigenvalue weighted by atomic mass is 9.91. The summed E-state index contributed by atoms with van der Waals surface area (Å²) in [5.41, 5.74) is 7.50. The summed E-state index contributed by atoms with van der Waals surface area (Å²) in [5, 5.41) is 12.8. The number of benzene rings is 1. The number of halogens is 3. The van der Waals surface area contributed by atoms with Crippen LogP contribution in [0.2, 0.25) is 0 Å². The number of hydrogen-bond donors (Lipinski definition) is 3. The Bertz CT molecular complexity index is 1370. The zero-order valence-corrected chi connectivity index (χ0v) is 26.2. The van der Waals surface area contributed by atoms with Gasteiger partial charge in [-0.05, 0) is 79.3 Å². The quantitative estimate of drug-likeness (QED) is 0.416. The van der Waals surface area contributed by atoms with Gasteiger partial charge in [0, 0.05) is 30.5 Å². The number of nitriles is 1. The second-order valence-electron chi connectivity index (χ2n) is 12.4. The van der Waals surface area contributed by atoms with Crippen LogP contribution in [0.4, 0.5) is 13.2 Å². The molecule has 1 aliphatic heterocycles. The van der Waals surface area contributed by atoms with Crippen molar-refractivity contribution in [3.8, 4) is 6.07 Å². The molecule has 0 spiro atoms. The van der Waals surface area contributed by atoms with Crippen LogP contribution >= 0.6 is 0 Å². The fraction of sp³-hybridized carbons (Fsp3) is 0.581. The number of likely N-dealkylation sites (tertiary alicyclic amines) is 1. The molecule has 238 valence electrons. The fourth-order valence-electron chi connectivity index (χ4n) is 4.46. The van der Waals surface area contributed by atoms with E-state index in [0.717, 1.165) is 35.7 Å². The molecule has 2 amide bonds. The number of aromatic amines is 1. The van der Waals surface area contributed by atoms with Crippen LogP contribution in [-0.2, 0) is 20.8 Å². The van der Waals surface area contributed by atoms with Gasteiger partial charge in [0.15, 0.2) is 0 Å². The summed E-state index contributed by atoms with van der Waals surface area (Å²) in [6.07, 6.45) is -2.17. The van der Waals surface area contributed by atoms with Crippen LogP contribution in [0.3, 0.4) is 0 Å². The number of aryl methyl sites for hydroxylation is 2. The van der Waals surface area contributed by atoms with E-state index in [-0.39, 0.29) is 29.0 Å². The molecular weight excluding hydrogens is 563 g/mol. The number of fused-ring (bicyclic) bond motifs is 1. The van der Waals surface area contributed by atoms with E-state index in [9.17, 15) is 27.6 Å². The number of nitrogens with two attached hydrogens (primary N) is 1. The molecule has 1 aromatic carbocycles. The van der Waals surface area contributed by atoms with Crippen LogP contribution in [-0.4, -0.2) is 59.8 Å². The molecule has 0 bridgehead atoms. The van der Waals surface area contributed by atoms with Crippen molar-refractivity contribution in [2.24, 2.45) is 23.0 Å². The molecule has 2 aromatic rings. The molecule has 3 rings (SSSR count). The first kappa shape index (κ1) is 37.3. The van der Waals surface area contributed by atoms with E-state index in [1.54, 1.807) is 11.9 Å². The minimum atomic E-state index is -4.86. The van der Waals surface area contributed by atoms with Crippen molar-refractivity contribution in [3.63, 3.8) is 0 Å². The number of hydrogen-bond acceptors (Lipinski definition) is 6. The molecule has 43 heavy (non-hydrogen) atoms. The van der Waals surface area contributed by atoms with Gasteiger partial charge in [-0.25, -0.2) is 0 Å². The van der Waals surface area contributed by atoms with Gasteiger partial charge < -0.3 is 25.7 Å². The summed E-state index contributed by atoms with van der Waals surface area (Å²) in [4.78, 5) is 49.0. The molecule has 4 N–H and O–H groups in total. The predicted octanol–water partition coefficient (Wildman–Crippen LogP) is 4.33. The number of pyridine rings is 1. The Hall–Kier alpha value is -3.72. The van der Waals surface area contributed by atoms with Crippen molar-refractivity contribution < 1.29 is 27.6 Å². The molecule has 0 radical (unpaired) electrons. The molecule has 1 aliphatic rings. The summed E-state index contributed by atoms with van der Waals surface area (Å²) in [5.74, 6) is -1.13. The minimum Gasteiger partial charge on any atom is -0.362 e. The highest BCUT2D eigenvalue weighted by atomic mass is 19.4. The number of nitrogens with one attached hydrogen (secondary N) is 2. The van der Waals surface area contributed by atoms with Gasteiger partial charge in [0.2, 0.25) is 5.91 Å². The zero-order valence-electron chi connectivity index (χ0n) is 26.2. The van der Waals surface area contributed by atoms with Crippen molar-refractivity contribution in [2.45, 2.75) is 86.0 Å². The zero-order chi connectivity index (χ0) is 33.3. The third kappa shape index (κ3) is 11.8. The number of alkyl halides is 3. The molecule has 1 saturated heterocycles. The standard InChI is InChI=1S/C15H17N3O.C14H25NO2.C2H2F3NO/c1-9-4-11-6-12(7-13(8-16)17-3)15(19)18-14(11)5-10(9)2;1-10(2)11-6-12(9-16)15(8-11)13(17)7-14(3,4)5;3-2(4,5)1(6)7/h4-6,13,17H,7H2,1-3H3,(H,18,19);9-12H,6-8H2,1-5H3;(H2,6,7)/t;11-,12+;/m.1./s1. The van der Waals surface area contributed by atoms with Crippen LogP contribution in [0.25, 0.3) is 10.9 Å². The van der Waals surface area contributed by atoms with Gasteiger partial charge in [-0.3, -0.25) is 14.4 Å². The third-order valence-corrected chi connectivity index (χ3v) is 7.22. The molecule has 3 atom stereocenters. The lowest BCUT2D eigenvalue weighted by Crippen LogP contribution is -2.38. The van der Waals surface area contributed by atoms with E-state index in [4.69, 9.17) is 10.1 Å². The molecule has 1 fully saturated rings. The Morgan fingerprint density at radius 2 is 1.74 bits per heavy atom. The Balaban J connectivity index is 0.000000356. The lowest BCUT2D eigenvalue weighted by molar-refractivity contribution is -0.169. The first-order valence-corrected chi connectivity index (χ1v) is 14.0. The Morgan fingerprint density at radius 3 is 2.19 bits per heavy atom. The van der Waals surface area contributed by atoms with Crippen molar-refractivity contribution in [1.82, 2.24) is 15.2 Å². The van der Waals surface area contributed by atoms with Gasteiger partial charge in [-0.2, -0.15) is 18.4 Å². The first-order chi connectivity index (χ1) is 19.7. The summed E-state index contributed by atoms with van der Waals surface area (Å²) < 4.78 is 32.1. The lowest BCUT2D eigenvalue weighted by Gasteiger charge is -2.25. The van der Waals surface area contributed by atoms with Crippen LogP contribution in [0.15, 0.2) is 23.0 Å². The number of carbonyl (C=O) groups excluding carboxylic acids is 3. The SMILES string of the molecule is CC(C)[C@@H]1C[C@@H](C=O)N(C(=O)CC(C)(C)C)C1.CNC(C#N)Cc1cc2cc(C)c(C)cc2[nH]c1=O.NC(=O)C(F)(F)F. The number of carbonyl (C=O) groups is 3. The average Bonchev–Trinajstić information content (AvgIpc) is 3.33. The number of likely N-dealkylation sites (N-methyl/N-ethyl adjacent to an activating group) is 1. The Labute approximate surface area is 251 Å². The predicted molar refractivity (Wildman–Crippen MR) is 160 cm³/mol. The highest BCUT2D eigenvalue weighted by molar-refractivity contribution is 5.81. The number of aldehydes is 1. The summed E-state index contributed by atoms with van der Waals surface area (Å²) in [6.45, 7) is 15.3. The molecule has 2 heterocycles. The van der Waals surface area contributed by atoms with E-state index >= 15 is 0 Å². The van der Waals surface area contributed by atoms with Crippen molar-refractivity contribution >= 4 is 29.0 Å². The maximum absolute atomic E-state index is 12.2. The van der Waals surface area contributed by atoms with E-state index < -0.39 is 12.1 Å². The average molecular weight is 608 g/mol. The van der Waals surface area contributed by atoms with E-state index in [0.29, 0.717) is 30.2 Å². The molecule has 1 aromatic heterocycles. The van der Waals surface area contributed by atoms with Gasteiger partial charge in [0.05, 0.1) is 18.2 Å². The van der Waals surface area contributed by atoms with Gasteiger partial charge in [0.25, 0.3) is 5.56 Å². The topological polar surface area (TPSA) is 149 Å². The van der Waals surface area contributed by atoms with Crippen molar-refractivity contribution in [3.05, 3.63) is 45.2 Å². The number of primary amides is 1. The largest absolute Gasteiger partial charge is 0.470 e. The number of aromatic nitrogens is 1. The second kappa shape index (κ2) is 15.7. The number of amides is 2. The highest BCUT2D eigenvalue weighted by Crippen LogP contribution is 2.30. The molecule has 0 saturated carbocycles. The van der Waals surface area contributed by atoms with E-state index in [1.165, 1.54) is 5.56 Å². The fourth-order valence-corrected chi connectivity index (χ4v) is 4.46. The van der Waals surface area contributed by atoms with Gasteiger partial charge in [-0.1, -0.05) is 34.6 Å². The molecule has 9 nitrogen and oxygen atoms in total. The maximum Gasteiger partial charge on any atom is 0.470 e. The third-order valence-electron chi connectivity index (χ3n) is 7.22. The van der Waals surface area contributed by atoms with Crippen LogP contribution in [0.5, 0.6) is 0 Å². The Kier molecular flexibility index (Phi) is 13.6. The summed E-state index contributed by atoms with van der Waals surface area (Å²) >= 11 is 0. The van der Waals surface area contributed by atoms with E-state index in [2.05, 4.69) is 62.8 Å². The monoisotopic (exact) mass is 607 g/mol. The van der Waals surface area contributed by atoms with Crippen molar-refractivity contribution in [2.75, 3.05) is 13.6 Å². The molecule has 1 unspecified atom stereocenters.